The Morgan fingerprint density at radius 2 is 0.588 bits per heavy atom. The molecule has 18 N–H and O–H groups in total. The SMILES string of the molecule is Oc1ccc([C@H]2c3c(O)cc(O)cc3C3c4c(c([C@H](c5ccc(O)cc5)[C@@H]5c6ccc(O)c(O)c6[C@H](c6ccc(O)cc6)[C@H]5c5cc(O)cc6c5[C@@H](c5cc(O)cc(O)c5)[C@H](c5ccc(O)cc5)O6)c(O)c5c4[C@H]2[C@@H](c2ccc(O)cc2)[C@@H]5c2cc(O)cc4c2[C@@H](c2cc(O)cc(O)c2)[C@H](c2ccc(O)cc2)O4)O[C@@H]3c2ccc(O)cc2)cc1. The lowest BCUT2D eigenvalue weighted by Gasteiger charge is -2.36. The molecule has 3 heterocycles. The highest BCUT2D eigenvalue weighted by atomic mass is 16.5. The van der Waals surface area contributed by atoms with Gasteiger partial charge in [-0.1, -0.05) is 91.0 Å². The fraction of sp³-hybridized carbons (Fsp3) is 0.143. The predicted molar refractivity (Wildman–Crippen MR) is 434 cm³/mol. The van der Waals surface area contributed by atoms with Gasteiger partial charge >= 0.3 is 0 Å². The Morgan fingerprint density at radius 3 is 1.05 bits per heavy atom. The maximum Gasteiger partial charge on any atom is 0.161 e. The summed E-state index contributed by atoms with van der Waals surface area (Å²) < 4.78 is 22.2. The van der Waals surface area contributed by atoms with E-state index in [2.05, 4.69) is 0 Å². The first-order valence-electron chi connectivity index (χ1n) is 38.7. The Labute approximate surface area is 678 Å². The zero-order chi connectivity index (χ0) is 82.2. The van der Waals surface area contributed by atoms with E-state index in [0.717, 1.165) is 0 Å². The molecule has 0 fully saturated rings. The first-order valence-corrected chi connectivity index (χ1v) is 38.7. The summed E-state index contributed by atoms with van der Waals surface area (Å²) in [5.74, 6) is -17.6. The molecule has 14 aromatic rings. The number of phenols is 18. The Morgan fingerprint density at radius 1 is 0.210 bits per heavy atom. The average molecular weight is 1590 g/mol. The molecule has 6 aliphatic rings. The summed E-state index contributed by atoms with van der Waals surface area (Å²) in [7, 11) is 0. The van der Waals surface area contributed by atoms with Crippen molar-refractivity contribution in [3.05, 3.63) is 372 Å². The van der Waals surface area contributed by atoms with Crippen molar-refractivity contribution in [2.24, 2.45) is 0 Å². The molecule has 0 spiro atoms. The third kappa shape index (κ3) is 11.6. The molecular formula is C98H74O21. The third-order valence-electron chi connectivity index (χ3n) is 25.3. The molecule has 3 aliphatic carbocycles. The van der Waals surface area contributed by atoms with Gasteiger partial charge in [-0.2, -0.15) is 0 Å². The van der Waals surface area contributed by atoms with Crippen LogP contribution in [0.5, 0.6) is 121 Å². The summed E-state index contributed by atoms with van der Waals surface area (Å²) in [6.45, 7) is 0. The summed E-state index contributed by atoms with van der Waals surface area (Å²) in [6, 6.07) is 64.5. The Kier molecular flexibility index (Phi) is 16.7. The summed E-state index contributed by atoms with van der Waals surface area (Å²) in [5.41, 5.74) is 7.49. The van der Waals surface area contributed by atoms with E-state index in [1.54, 1.807) is 109 Å². The second kappa shape index (κ2) is 27.3. The Balaban J connectivity index is 0.967. The molecule has 20 rings (SSSR count). The van der Waals surface area contributed by atoms with E-state index < -0.39 is 101 Å². The Hall–Kier alpha value is -15.1. The van der Waals surface area contributed by atoms with Gasteiger partial charge in [-0.25, -0.2) is 0 Å². The van der Waals surface area contributed by atoms with Crippen molar-refractivity contribution in [2.45, 2.75) is 83.4 Å². The number of aromatic hydroxyl groups is 18. The second-order valence-electron chi connectivity index (χ2n) is 31.9. The molecule has 21 heteroatoms. The van der Waals surface area contributed by atoms with E-state index in [9.17, 15) is 86.8 Å². The van der Waals surface area contributed by atoms with E-state index in [-0.39, 0.29) is 126 Å². The number of rotatable bonds is 13. The Bertz CT molecular complexity index is 6410. The number of ether oxygens (including phenoxy) is 3. The lowest BCUT2D eigenvalue weighted by Crippen LogP contribution is -2.22. The second-order valence-corrected chi connectivity index (χ2v) is 31.9. The molecular weight excluding hydrogens is 1510 g/mol. The fourth-order valence-corrected chi connectivity index (χ4v) is 21.0. The van der Waals surface area contributed by atoms with Gasteiger partial charge in [0.1, 0.15) is 128 Å². The molecule has 21 nitrogen and oxygen atoms in total. The third-order valence-corrected chi connectivity index (χ3v) is 25.3. The lowest BCUT2D eigenvalue weighted by atomic mass is 9.66. The van der Waals surface area contributed by atoms with Crippen LogP contribution in [0.2, 0.25) is 0 Å². The van der Waals surface area contributed by atoms with Gasteiger partial charge in [-0.15, -0.1) is 0 Å². The summed E-state index contributed by atoms with van der Waals surface area (Å²) in [4.78, 5) is 0. The number of hydrogen-bond acceptors (Lipinski definition) is 21. The van der Waals surface area contributed by atoms with E-state index in [1.165, 1.54) is 146 Å². The van der Waals surface area contributed by atoms with Crippen LogP contribution in [0, 0.1) is 0 Å². The van der Waals surface area contributed by atoms with E-state index >= 15 is 5.11 Å². The fourth-order valence-electron chi connectivity index (χ4n) is 21.0. The highest BCUT2D eigenvalue weighted by Gasteiger charge is 2.61. The van der Waals surface area contributed by atoms with E-state index in [4.69, 9.17) is 14.2 Å². The van der Waals surface area contributed by atoms with Crippen LogP contribution in [0.15, 0.2) is 255 Å². The highest BCUT2D eigenvalue weighted by Crippen LogP contribution is 2.76. The molecule has 119 heavy (non-hydrogen) atoms. The van der Waals surface area contributed by atoms with Crippen molar-refractivity contribution < 1.29 is 106 Å². The standard InChI is InChI=1S/C98H74O21/c99-52-15-1-43(2-16-52)74-80-67(37-63(110)40-71(80)114)87-91-89-88(74)76(45-5-19-54(101)20-6-45)85(69-39-65(112)42-73-82(69)79(51-33-61(108)36-62(109)34-51)96(118-73)48-11-25-57(104)26-12-48)90(89)94(116)92(98(91)119-97(87)49-13-27-58(105)28-14-49)77(46-7-21-55(102)22-8-46)83-66-29-30-70(113)93(115)86(66)75(44-3-17-53(100)18-4-44)84(83)68-38-64(111)41-72-81(68)78(50-31-59(106)35-60(107)32-50)95(117-72)47-9-23-56(103)24-10-47/h1-42,74-79,83-85,87-88,95-97,99-116H/t74-,75+,76-,77+,78+,79+,83-,84+,85-,87?,88+,95-,96-,97+/m0/s1. The highest BCUT2D eigenvalue weighted by molar-refractivity contribution is 5.79. The smallest absolute Gasteiger partial charge is 0.161 e. The average Bonchev–Trinajstić information content (AvgIpc) is 1.50. The van der Waals surface area contributed by atoms with E-state index in [1.807, 2.05) is 0 Å². The predicted octanol–water partition coefficient (Wildman–Crippen LogP) is 18.2. The molecule has 0 amide bonds. The van der Waals surface area contributed by atoms with Crippen molar-refractivity contribution in [2.75, 3.05) is 0 Å². The molecule has 1 unspecified atom stereocenters. The molecule has 3 aliphatic heterocycles. The number of benzene rings is 14. The summed E-state index contributed by atoms with van der Waals surface area (Å²) in [5, 5.41) is 218. The number of phenolic OH excluding ortho intramolecular Hbond substituents is 18. The van der Waals surface area contributed by atoms with Crippen LogP contribution < -0.4 is 14.2 Å². The minimum atomic E-state index is -1.42. The summed E-state index contributed by atoms with van der Waals surface area (Å²) >= 11 is 0. The van der Waals surface area contributed by atoms with Crippen LogP contribution in [0.3, 0.4) is 0 Å². The van der Waals surface area contributed by atoms with Gasteiger partial charge in [0.15, 0.2) is 11.5 Å². The number of fused-ring (bicyclic) bond motifs is 5. The first kappa shape index (κ1) is 72.8. The minimum Gasteiger partial charge on any atom is -0.508 e. The van der Waals surface area contributed by atoms with Gasteiger partial charge in [-0.05, 0) is 211 Å². The minimum absolute atomic E-state index is 0.0358. The molecule has 0 saturated heterocycles. The zero-order valence-corrected chi connectivity index (χ0v) is 62.6. The maximum absolute atomic E-state index is 15.8. The maximum atomic E-state index is 15.8. The van der Waals surface area contributed by atoms with Gasteiger partial charge < -0.3 is 106 Å². The largest absolute Gasteiger partial charge is 0.508 e. The van der Waals surface area contributed by atoms with Crippen molar-refractivity contribution in [1.82, 2.24) is 0 Å². The number of hydrogen-bond donors (Lipinski definition) is 18. The quantitative estimate of drug-likeness (QED) is 0.0477. The van der Waals surface area contributed by atoms with Gasteiger partial charge in [-0.3, -0.25) is 0 Å². The zero-order valence-electron chi connectivity index (χ0n) is 62.6. The molecule has 0 saturated carbocycles. The molecule has 592 valence electrons. The normalized spacial score (nSPS) is 22.1. The molecule has 14 aromatic carbocycles. The van der Waals surface area contributed by atoms with Crippen molar-refractivity contribution in [1.29, 1.82) is 0 Å². The topological polar surface area (TPSA) is 392 Å². The molecule has 0 bridgehead atoms. The van der Waals surface area contributed by atoms with Crippen molar-refractivity contribution in [3.8, 4) is 121 Å². The van der Waals surface area contributed by atoms with Crippen LogP contribution in [0.25, 0.3) is 0 Å². The van der Waals surface area contributed by atoms with Crippen LogP contribution in [-0.4, -0.2) is 91.9 Å². The van der Waals surface area contributed by atoms with E-state index in [0.29, 0.717) is 94.6 Å². The van der Waals surface area contributed by atoms with Crippen LogP contribution >= 0.6 is 0 Å². The molecule has 0 radical (unpaired) electrons. The van der Waals surface area contributed by atoms with Gasteiger partial charge in [0.05, 0.1) is 17.8 Å². The summed E-state index contributed by atoms with van der Waals surface area (Å²) in [6.07, 6.45) is -3.35. The van der Waals surface area contributed by atoms with Gasteiger partial charge in [0, 0.05) is 117 Å². The molecule has 14 atom stereocenters. The van der Waals surface area contributed by atoms with Crippen LogP contribution in [0.4, 0.5) is 0 Å². The molecule has 0 aromatic heterocycles. The van der Waals surface area contributed by atoms with Crippen molar-refractivity contribution in [3.63, 3.8) is 0 Å². The first-order chi connectivity index (χ1) is 57.4. The monoisotopic (exact) mass is 1590 g/mol. The van der Waals surface area contributed by atoms with Gasteiger partial charge in [0.2, 0.25) is 0 Å². The van der Waals surface area contributed by atoms with Crippen LogP contribution in [0.1, 0.15) is 200 Å². The van der Waals surface area contributed by atoms with Gasteiger partial charge in [0.25, 0.3) is 0 Å². The lowest BCUT2D eigenvalue weighted by molar-refractivity contribution is 0.218. The van der Waals surface area contributed by atoms with Crippen LogP contribution in [-0.2, 0) is 0 Å². The van der Waals surface area contributed by atoms with Crippen molar-refractivity contribution >= 4 is 0 Å².